The Morgan fingerprint density at radius 2 is 1.17 bits per heavy atom. The largest absolute Gasteiger partial charge is 0.392 e. The van der Waals surface area contributed by atoms with Gasteiger partial charge in [0.1, 0.15) is 0 Å². The molecule has 0 aromatic heterocycles. The third kappa shape index (κ3) is 4.47. The minimum absolute atomic E-state index is 1.58. The van der Waals surface area contributed by atoms with E-state index in [0.717, 1.165) is 0 Å². The summed E-state index contributed by atoms with van der Waals surface area (Å²) in [7, 11) is 0. The van der Waals surface area contributed by atoms with Crippen molar-refractivity contribution in [1.82, 2.24) is 0 Å². The molecule has 0 heterocycles. The van der Waals surface area contributed by atoms with Crippen LogP contribution in [0.2, 0.25) is 0 Å². The first kappa shape index (κ1) is 13.2. The van der Waals surface area contributed by atoms with Crippen molar-refractivity contribution in [2.75, 3.05) is 0 Å². The molecule has 0 spiro atoms. The molecule has 0 aliphatic carbocycles. The van der Waals surface area contributed by atoms with E-state index in [9.17, 15) is 13.2 Å². The van der Waals surface area contributed by atoms with Crippen LogP contribution in [0.4, 0.5) is 13.2 Å². The Balaban J connectivity index is 4.44. The van der Waals surface area contributed by atoms with Gasteiger partial charge in [-0.1, -0.05) is 58.0 Å². The zero-order chi connectivity index (χ0) is 10.2. The summed E-state index contributed by atoms with van der Waals surface area (Å²) >= 11 is 25.6. The maximum absolute atomic E-state index is 11.7. The van der Waals surface area contributed by atoms with Gasteiger partial charge in [0.15, 0.2) is 4.33 Å². The third-order valence-electron chi connectivity index (χ3n) is 0.837. The van der Waals surface area contributed by atoms with Crippen molar-refractivity contribution in [3.63, 3.8) is 0 Å². The number of rotatable bonds is 1. The van der Waals surface area contributed by atoms with Crippen LogP contribution in [0, 0.1) is 0 Å². The first-order chi connectivity index (χ1) is 4.96. The predicted octanol–water partition coefficient (Wildman–Crippen LogP) is 4.48. The standard InChI is InChI=1S/C4H2Cl5F3/c5-2(6,4(7,8)9)1-3(10,11)12/h1H2. The van der Waals surface area contributed by atoms with Gasteiger partial charge in [0.25, 0.3) is 0 Å². The number of halogens is 8. The molecule has 0 aliphatic heterocycles. The highest BCUT2D eigenvalue weighted by Gasteiger charge is 2.52. The maximum Gasteiger partial charge on any atom is 0.392 e. The second-order valence-corrected chi connectivity index (χ2v) is 5.76. The molecule has 8 heteroatoms. The summed E-state index contributed by atoms with van der Waals surface area (Å²) in [6, 6.07) is 0. The molecule has 74 valence electrons. The molecule has 0 amide bonds. The third-order valence-corrected chi connectivity index (χ3v) is 3.22. The van der Waals surface area contributed by atoms with Gasteiger partial charge in [-0.15, -0.1) is 0 Å². The van der Waals surface area contributed by atoms with Gasteiger partial charge >= 0.3 is 6.18 Å². The Hall–Kier alpha value is 1.24. The van der Waals surface area contributed by atoms with Gasteiger partial charge in [-0.3, -0.25) is 0 Å². The first-order valence-corrected chi connectivity index (χ1v) is 4.36. The second-order valence-electron chi connectivity index (χ2n) is 1.99. The quantitative estimate of drug-likeness (QED) is 0.623. The summed E-state index contributed by atoms with van der Waals surface area (Å²) < 4.78 is 30.4. The Morgan fingerprint density at radius 1 is 0.833 bits per heavy atom. The van der Waals surface area contributed by atoms with Crippen molar-refractivity contribution >= 4 is 58.0 Å². The molecule has 0 saturated carbocycles. The van der Waals surface area contributed by atoms with Crippen LogP contribution in [0.3, 0.4) is 0 Å². The minimum Gasteiger partial charge on any atom is -0.171 e. The van der Waals surface area contributed by atoms with Crippen LogP contribution in [0.25, 0.3) is 0 Å². The Bertz CT molecular complexity index is 157. The number of hydrogen-bond donors (Lipinski definition) is 0. The normalized spacial score (nSPS) is 15.0. The van der Waals surface area contributed by atoms with Crippen molar-refractivity contribution in [3.05, 3.63) is 0 Å². The fourth-order valence-electron chi connectivity index (χ4n) is 0.352. The Labute approximate surface area is 91.8 Å². The average Bonchev–Trinajstić information content (AvgIpc) is 1.52. The summed E-state index contributed by atoms with van der Waals surface area (Å²) in [5.74, 6) is 0. The molecule has 0 bridgehead atoms. The molecule has 0 aliphatic rings. The predicted molar refractivity (Wildman–Crippen MR) is 45.4 cm³/mol. The molecule has 0 radical (unpaired) electrons. The van der Waals surface area contributed by atoms with E-state index in [4.69, 9.17) is 58.0 Å². The van der Waals surface area contributed by atoms with Gasteiger partial charge in [-0.25, -0.2) is 0 Å². The van der Waals surface area contributed by atoms with E-state index in [1.54, 1.807) is 0 Å². The lowest BCUT2D eigenvalue weighted by Gasteiger charge is -2.27. The van der Waals surface area contributed by atoms with Crippen molar-refractivity contribution in [3.8, 4) is 0 Å². The molecule has 12 heavy (non-hydrogen) atoms. The van der Waals surface area contributed by atoms with Crippen LogP contribution < -0.4 is 0 Å². The average molecular weight is 284 g/mol. The van der Waals surface area contributed by atoms with E-state index in [-0.39, 0.29) is 0 Å². The first-order valence-electron chi connectivity index (χ1n) is 2.47. The molecule has 0 aromatic carbocycles. The lowest BCUT2D eigenvalue weighted by atomic mass is 10.3. The topological polar surface area (TPSA) is 0 Å². The second kappa shape index (κ2) is 3.77. The van der Waals surface area contributed by atoms with E-state index in [2.05, 4.69) is 0 Å². The van der Waals surface area contributed by atoms with Gasteiger partial charge in [0.05, 0.1) is 6.42 Å². The van der Waals surface area contributed by atoms with E-state index < -0.39 is 20.7 Å². The highest BCUT2D eigenvalue weighted by atomic mass is 35.6. The van der Waals surface area contributed by atoms with Gasteiger partial charge in [0, 0.05) is 0 Å². The maximum atomic E-state index is 11.7. The van der Waals surface area contributed by atoms with Crippen molar-refractivity contribution < 1.29 is 13.2 Å². The molecule has 0 rings (SSSR count). The summed E-state index contributed by atoms with van der Waals surface area (Å²) in [5, 5.41) is 0. The number of alkyl halides is 8. The van der Waals surface area contributed by atoms with Crippen molar-refractivity contribution in [2.24, 2.45) is 0 Å². The van der Waals surface area contributed by atoms with E-state index in [1.165, 1.54) is 0 Å². The van der Waals surface area contributed by atoms with Crippen LogP contribution in [-0.4, -0.2) is 14.3 Å². The molecule has 0 fully saturated rings. The van der Waals surface area contributed by atoms with E-state index >= 15 is 0 Å². The molecule has 0 atom stereocenters. The Morgan fingerprint density at radius 3 is 1.25 bits per heavy atom. The summed E-state index contributed by atoms with van der Waals surface area (Å²) in [4.78, 5) is 0. The molecular formula is C4H2Cl5F3. The minimum atomic E-state index is -4.58. The smallest absolute Gasteiger partial charge is 0.171 e. The van der Waals surface area contributed by atoms with E-state index in [0.29, 0.717) is 0 Å². The van der Waals surface area contributed by atoms with Gasteiger partial charge in [0.2, 0.25) is 3.79 Å². The molecule has 0 unspecified atom stereocenters. The fraction of sp³-hybridized carbons (Fsp3) is 1.00. The highest BCUT2D eigenvalue weighted by molar-refractivity contribution is 6.75. The lowest BCUT2D eigenvalue weighted by molar-refractivity contribution is -0.136. The Kier molecular flexibility index (Phi) is 4.16. The van der Waals surface area contributed by atoms with Gasteiger partial charge in [-0.05, 0) is 0 Å². The molecule has 0 N–H and O–H groups in total. The van der Waals surface area contributed by atoms with Gasteiger partial charge in [-0.2, -0.15) is 13.2 Å². The molecule has 0 saturated heterocycles. The fourth-order valence-corrected chi connectivity index (χ4v) is 0.855. The molecule has 0 aromatic rings. The zero-order valence-corrected chi connectivity index (χ0v) is 9.01. The molecular weight excluding hydrogens is 282 g/mol. The summed E-state index contributed by atoms with van der Waals surface area (Å²) in [5.41, 5.74) is 0. The van der Waals surface area contributed by atoms with E-state index in [1.807, 2.05) is 0 Å². The van der Waals surface area contributed by atoms with Crippen LogP contribution in [0.5, 0.6) is 0 Å². The van der Waals surface area contributed by atoms with Crippen LogP contribution in [0.1, 0.15) is 6.42 Å². The van der Waals surface area contributed by atoms with Crippen LogP contribution >= 0.6 is 58.0 Å². The lowest BCUT2D eigenvalue weighted by Crippen LogP contribution is -2.36. The van der Waals surface area contributed by atoms with Gasteiger partial charge < -0.3 is 0 Å². The summed E-state index contributed by atoms with van der Waals surface area (Å²) in [6.07, 6.45) is -6.16. The zero-order valence-electron chi connectivity index (χ0n) is 5.23. The van der Waals surface area contributed by atoms with Crippen LogP contribution in [0.15, 0.2) is 0 Å². The van der Waals surface area contributed by atoms with Crippen molar-refractivity contribution in [2.45, 2.75) is 20.7 Å². The summed E-state index contributed by atoms with van der Waals surface area (Å²) in [6.45, 7) is 0. The SMILES string of the molecule is FC(F)(F)CC(Cl)(Cl)C(Cl)(Cl)Cl. The van der Waals surface area contributed by atoms with Crippen LogP contribution in [-0.2, 0) is 0 Å². The number of hydrogen-bond acceptors (Lipinski definition) is 0. The monoisotopic (exact) mass is 282 g/mol. The van der Waals surface area contributed by atoms with Crippen molar-refractivity contribution in [1.29, 1.82) is 0 Å². The highest BCUT2D eigenvalue weighted by Crippen LogP contribution is 2.51. The molecule has 0 nitrogen and oxygen atoms in total.